The second kappa shape index (κ2) is 13.4. The number of benzene rings is 2. The summed E-state index contributed by atoms with van der Waals surface area (Å²) in [6.45, 7) is 6.80. The van der Waals surface area contributed by atoms with E-state index in [1.54, 1.807) is 42.3 Å². The highest BCUT2D eigenvalue weighted by Gasteiger charge is 2.19. The average Bonchev–Trinajstić information content (AvgIpc) is 3.38. The van der Waals surface area contributed by atoms with E-state index in [1.165, 1.54) is 23.5 Å². The van der Waals surface area contributed by atoms with Crippen molar-refractivity contribution >= 4 is 62.4 Å². The number of hydrogen-bond donors (Lipinski definition) is 2. The van der Waals surface area contributed by atoms with Gasteiger partial charge in [-0.3, -0.25) is 4.79 Å². The molecular formula is C26H29FN6O4S2. The molecule has 4 aromatic rings. The normalized spacial score (nSPS) is 13.2. The van der Waals surface area contributed by atoms with Crippen LogP contribution in [0.3, 0.4) is 0 Å². The van der Waals surface area contributed by atoms with E-state index in [9.17, 15) is 4.79 Å². The van der Waals surface area contributed by atoms with Crippen molar-refractivity contribution in [3.05, 3.63) is 72.4 Å². The third-order valence-electron chi connectivity index (χ3n) is 5.82. The summed E-state index contributed by atoms with van der Waals surface area (Å²) in [4.78, 5) is 22.8. The lowest BCUT2D eigenvalue weighted by Crippen LogP contribution is -2.43. The van der Waals surface area contributed by atoms with E-state index < -0.39 is 0 Å². The number of fused-ring (bicyclic) bond motifs is 1. The highest BCUT2D eigenvalue weighted by Crippen LogP contribution is 2.34. The van der Waals surface area contributed by atoms with Gasteiger partial charge in [-0.1, -0.05) is 24.6 Å². The minimum atomic E-state index is -0.313. The molecule has 1 aliphatic rings. The highest BCUT2D eigenvalue weighted by atomic mass is 32.2. The van der Waals surface area contributed by atoms with Gasteiger partial charge in [0.2, 0.25) is 17.7 Å². The van der Waals surface area contributed by atoms with Gasteiger partial charge in [-0.05, 0) is 54.1 Å². The lowest BCUT2D eigenvalue weighted by Gasteiger charge is -2.34. The third-order valence-corrected chi connectivity index (χ3v) is 7.59. The summed E-state index contributed by atoms with van der Waals surface area (Å²) >= 11 is 3.17. The van der Waals surface area contributed by atoms with Crippen LogP contribution in [0.15, 0.2) is 66.6 Å². The number of ether oxygens (including phenoxy) is 1. The molecule has 0 saturated carbocycles. The first kappa shape index (κ1) is 29.8. The molecule has 1 saturated heterocycles. The summed E-state index contributed by atoms with van der Waals surface area (Å²) in [6.07, 6.45) is 3.26. The zero-order valence-electron chi connectivity index (χ0n) is 21.1. The number of halogens is 1. The van der Waals surface area contributed by atoms with E-state index in [-0.39, 0.29) is 28.6 Å². The quantitative estimate of drug-likeness (QED) is 0.236. The molecule has 0 bridgehead atoms. The Morgan fingerprint density at radius 2 is 1.90 bits per heavy atom. The van der Waals surface area contributed by atoms with Crippen molar-refractivity contribution in [1.29, 1.82) is 0 Å². The van der Waals surface area contributed by atoms with Crippen molar-refractivity contribution in [3.63, 3.8) is 0 Å². The van der Waals surface area contributed by atoms with Crippen LogP contribution >= 0.6 is 23.3 Å². The zero-order valence-corrected chi connectivity index (χ0v) is 22.7. The van der Waals surface area contributed by atoms with Crippen molar-refractivity contribution < 1.29 is 24.9 Å². The molecule has 10 nitrogen and oxygen atoms in total. The molecule has 5 rings (SSSR count). The van der Waals surface area contributed by atoms with Gasteiger partial charge in [-0.2, -0.15) is 4.98 Å². The van der Waals surface area contributed by atoms with Crippen molar-refractivity contribution in [2.24, 2.45) is 0 Å². The van der Waals surface area contributed by atoms with Gasteiger partial charge in [0, 0.05) is 43.6 Å². The summed E-state index contributed by atoms with van der Waals surface area (Å²) in [5.74, 6) is 0.537. The van der Waals surface area contributed by atoms with Crippen LogP contribution in [0.4, 0.5) is 27.4 Å². The number of aromatic nitrogens is 2. The fraction of sp³-hybridized carbons (Fsp3) is 0.192. The van der Waals surface area contributed by atoms with Crippen LogP contribution in [0.5, 0.6) is 11.6 Å². The van der Waals surface area contributed by atoms with Crippen LogP contribution in [-0.2, 0) is 4.79 Å². The average molecular weight is 573 g/mol. The fourth-order valence-electron chi connectivity index (χ4n) is 3.99. The molecule has 0 atom stereocenters. The second-order valence-corrected chi connectivity index (χ2v) is 10.00. The second-order valence-electron chi connectivity index (χ2n) is 8.20. The molecule has 0 aliphatic carbocycles. The van der Waals surface area contributed by atoms with Crippen LogP contribution in [0.25, 0.3) is 10.2 Å². The topological polar surface area (TPSA) is 146 Å². The molecule has 0 spiro atoms. The van der Waals surface area contributed by atoms with E-state index in [2.05, 4.69) is 42.6 Å². The molecule has 1 amide bonds. The predicted octanol–water partition coefficient (Wildman–Crippen LogP) is 4.24. The number of piperazine rings is 1. The SMILES string of the molecule is C=CC(=O)Nc1cccc(Oc2nc(Nc3ccc(N4CCN(SC)CC4)c(F)c3)nc3ccsc23)c1.O.O. The summed E-state index contributed by atoms with van der Waals surface area (Å²) in [5.41, 5.74) is 2.41. The van der Waals surface area contributed by atoms with Crippen LogP contribution in [0, 0.1) is 5.82 Å². The Labute approximate surface area is 233 Å². The van der Waals surface area contributed by atoms with Crippen molar-refractivity contribution in [3.8, 4) is 11.6 Å². The van der Waals surface area contributed by atoms with Gasteiger partial charge in [0.25, 0.3) is 0 Å². The largest absolute Gasteiger partial charge is 0.437 e. The number of nitrogens with zero attached hydrogens (tertiary/aromatic N) is 4. The van der Waals surface area contributed by atoms with Crippen molar-refractivity contribution in [1.82, 2.24) is 14.3 Å². The van der Waals surface area contributed by atoms with Gasteiger partial charge < -0.3 is 31.2 Å². The first-order chi connectivity index (χ1) is 18.0. The van der Waals surface area contributed by atoms with Gasteiger partial charge in [-0.15, -0.1) is 11.3 Å². The molecule has 13 heteroatoms. The van der Waals surface area contributed by atoms with E-state index in [0.29, 0.717) is 34.2 Å². The highest BCUT2D eigenvalue weighted by molar-refractivity contribution is 7.96. The maximum Gasteiger partial charge on any atom is 0.247 e. The minimum absolute atomic E-state index is 0. The zero-order chi connectivity index (χ0) is 25.8. The summed E-state index contributed by atoms with van der Waals surface area (Å²) in [7, 11) is 0. The molecule has 3 heterocycles. The molecule has 0 unspecified atom stereocenters. The Balaban J connectivity index is 0.00000210. The van der Waals surface area contributed by atoms with E-state index >= 15 is 4.39 Å². The fourth-order valence-corrected chi connectivity index (χ4v) is 5.27. The molecule has 2 aromatic heterocycles. The first-order valence-corrected chi connectivity index (χ1v) is 13.7. The molecular weight excluding hydrogens is 543 g/mol. The van der Waals surface area contributed by atoms with Crippen LogP contribution in [-0.4, -0.2) is 63.6 Å². The minimum Gasteiger partial charge on any atom is -0.437 e. The monoisotopic (exact) mass is 572 g/mol. The molecule has 1 fully saturated rings. The Hall–Kier alpha value is -3.75. The first-order valence-electron chi connectivity index (χ1n) is 11.6. The predicted molar refractivity (Wildman–Crippen MR) is 157 cm³/mol. The molecule has 2 aromatic carbocycles. The summed E-state index contributed by atoms with van der Waals surface area (Å²) < 4.78 is 24.2. The standard InChI is InChI=1S/C26H25FN6O2S2.2H2O/c1-3-23(34)28-17-5-4-6-19(15-17)35-25-24-21(9-14-37-24)30-26(31-25)29-18-7-8-22(20(27)16-18)32-10-12-33(36-2)13-11-32;;/h3-9,14-16H,1,10-13H2,2H3,(H,28,34)(H,29,30,31);2*1H2. The molecule has 206 valence electrons. The van der Waals surface area contributed by atoms with Crippen molar-refractivity contribution in [2.75, 3.05) is 48.0 Å². The number of carbonyl (C=O) groups excluding carboxylic acids is 1. The number of carbonyl (C=O) groups is 1. The summed E-state index contributed by atoms with van der Waals surface area (Å²) in [6, 6.07) is 13.9. The Kier molecular flexibility index (Phi) is 10.2. The third kappa shape index (κ3) is 7.02. The van der Waals surface area contributed by atoms with E-state index in [1.807, 2.05) is 17.5 Å². The van der Waals surface area contributed by atoms with Crippen molar-refractivity contribution in [2.45, 2.75) is 0 Å². The lowest BCUT2D eigenvalue weighted by molar-refractivity contribution is -0.111. The van der Waals surface area contributed by atoms with Gasteiger partial charge in [0.05, 0.1) is 11.2 Å². The Morgan fingerprint density at radius 3 is 2.62 bits per heavy atom. The number of anilines is 4. The molecule has 39 heavy (non-hydrogen) atoms. The Bertz CT molecular complexity index is 1450. The number of nitrogens with one attached hydrogen (secondary N) is 2. The maximum absolute atomic E-state index is 15.0. The van der Waals surface area contributed by atoms with Gasteiger partial charge >= 0.3 is 0 Å². The number of thiophene rings is 1. The van der Waals surface area contributed by atoms with Gasteiger partial charge in [0.15, 0.2) is 0 Å². The van der Waals surface area contributed by atoms with Crippen LogP contribution in [0.2, 0.25) is 0 Å². The summed E-state index contributed by atoms with van der Waals surface area (Å²) in [5, 5.41) is 7.72. The van der Waals surface area contributed by atoms with Gasteiger partial charge in [-0.25, -0.2) is 13.7 Å². The number of hydrogen-bond acceptors (Lipinski definition) is 9. The number of amides is 1. The Morgan fingerprint density at radius 1 is 1.10 bits per heavy atom. The molecule has 6 N–H and O–H groups in total. The van der Waals surface area contributed by atoms with E-state index in [0.717, 1.165) is 30.9 Å². The number of rotatable bonds is 8. The maximum atomic E-state index is 15.0. The molecule has 1 aliphatic heterocycles. The van der Waals surface area contributed by atoms with Crippen LogP contribution < -0.4 is 20.3 Å². The van der Waals surface area contributed by atoms with Crippen LogP contribution in [0.1, 0.15) is 0 Å². The molecule has 0 radical (unpaired) electrons. The smallest absolute Gasteiger partial charge is 0.247 e. The van der Waals surface area contributed by atoms with E-state index in [4.69, 9.17) is 4.74 Å². The van der Waals surface area contributed by atoms with Gasteiger partial charge in [0.1, 0.15) is 16.3 Å². The lowest BCUT2D eigenvalue weighted by atomic mass is 10.2.